The summed E-state index contributed by atoms with van der Waals surface area (Å²) in [6.07, 6.45) is 1.97. The number of hydrogen-bond donors (Lipinski definition) is 1. The van der Waals surface area contributed by atoms with Crippen LogP contribution in [-0.2, 0) is 4.79 Å². The molecule has 3 aromatic rings. The fourth-order valence-electron chi connectivity index (χ4n) is 3.95. The van der Waals surface area contributed by atoms with Gasteiger partial charge in [-0.1, -0.05) is 35.6 Å². The molecule has 1 aliphatic rings. The minimum atomic E-state index is 0.0431. The van der Waals surface area contributed by atoms with Crippen LogP contribution in [0.1, 0.15) is 34.9 Å². The second kappa shape index (κ2) is 9.58. The van der Waals surface area contributed by atoms with E-state index >= 15 is 0 Å². The molecular formula is C24H28N4O2S. The third-order valence-corrected chi connectivity index (χ3v) is 7.08. The summed E-state index contributed by atoms with van der Waals surface area (Å²) in [5.41, 5.74) is 4.19. The van der Waals surface area contributed by atoms with E-state index in [9.17, 15) is 4.79 Å². The molecule has 1 saturated heterocycles. The standard InChI is InChI=1S/C24H28N4O2S/c1-16-7-6-9-20(17(16)2)25-22(29)15-28-13-11-18(12-14-28)23-26-27-24(31-23)19-8-4-5-10-21(19)30-3/h4-10,18H,11-15H2,1-3H3,(H,25,29). The summed E-state index contributed by atoms with van der Waals surface area (Å²) in [5.74, 6) is 1.25. The zero-order chi connectivity index (χ0) is 21.8. The van der Waals surface area contributed by atoms with E-state index in [1.165, 1.54) is 5.56 Å². The van der Waals surface area contributed by atoms with Crippen molar-refractivity contribution in [1.82, 2.24) is 15.1 Å². The third kappa shape index (κ3) is 4.94. The number of rotatable bonds is 6. The molecule has 0 radical (unpaired) electrons. The summed E-state index contributed by atoms with van der Waals surface area (Å²) in [6.45, 7) is 6.28. The number of aryl methyl sites for hydroxylation is 1. The van der Waals surface area contributed by atoms with Gasteiger partial charge in [0.25, 0.3) is 0 Å². The van der Waals surface area contributed by atoms with Gasteiger partial charge in [0.15, 0.2) is 5.01 Å². The van der Waals surface area contributed by atoms with Gasteiger partial charge in [0.2, 0.25) is 5.91 Å². The topological polar surface area (TPSA) is 67.4 Å². The van der Waals surface area contributed by atoms with Crippen LogP contribution in [-0.4, -0.2) is 47.7 Å². The molecular weight excluding hydrogens is 408 g/mol. The Morgan fingerprint density at radius 2 is 1.90 bits per heavy atom. The molecule has 0 atom stereocenters. The highest BCUT2D eigenvalue weighted by molar-refractivity contribution is 7.14. The Hall–Kier alpha value is -2.77. The van der Waals surface area contributed by atoms with Crippen molar-refractivity contribution in [3.05, 3.63) is 58.6 Å². The van der Waals surface area contributed by atoms with Crippen molar-refractivity contribution in [3.8, 4) is 16.3 Å². The lowest BCUT2D eigenvalue weighted by Gasteiger charge is -2.30. The maximum atomic E-state index is 12.5. The Kier molecular flexibility index (Phi) is 6.63. The van der Waals surface area contributed by atoms with Crippen molar-refractivity contribution in [2.24, 2.45) is 0 Å². The molecule has 2 heterocycles. The van der Waals surface area contributed by atoms with Gasteiger partial charge in [-0.25, -0.2) is 0 Å². The van der Waals surface area contributed by atoms with Gasteiger partial charge in [0, 0.05) is 11.6 Å². The fourth-order valence-corrected chi connectivity index (χ4v) is 4.99. The van der Waals surface area contributed by atoms with Crippen LogP contribution in [0.3, 0.4) is 0 Å². The Morgan fingerprint density at radius 3 is 2.68 bits per heavy atom. The molecule has 2 aromatic carbocycles. The molecule has 1 fully saturated rings. The van der Waals surface area contributed by atoms with E-state index in [0.717, 1.165) is 58.5 Å². The van der Waals surface area contributed by atoms with Crippen LogP contribution in [0.4, 0.5) is 5.69 Å². The number of piperidine rings is 1. The van der Waals surface area contributed by atoms with Crippen LogP contribution in [0.2, 0.25) is 0 Å². The largest absolute Gasteiger partial charge is 0.496 e. The SMILES string of the molecule is COc1ccccc1-c1nnc(C2CCN(CC(=O)Nc3cccc(C)c3C)CC2)s1. The zero-order valence-corrected chi connectivity index (χ0v) is 19.0. The molecule has 162 valence electrons. The molecule has 7 heteroatoms. The number of nitrogens with zero attached hydrogens (tertiary/aromatic N) is 3. The third-order valence-electron chi connectivity index (χ3n) is 5.96. The smallest absolute Gasteiger partial charge is 0.238 e. The summed E-state index contributed by atoms with van der Waals surface area (Å²) in [6, 6.07) is 13.9. The molecule has 1 N–H and O–H groups in total. The molecule has 4 rings (SSSR count). The van der Waals surface area contributed by atoms with E-state index in [4.69, 9.17) is 4.74 Å². The van der Waals surface area contributed by atoms with E-state index in [-0.39, 0.29) is 5.91 Å². The average Bonchev–Trinajstić information content (AvgIpc) is 3.27. The van der Waals surface area contributed by atoms with Crippen molar-refractivity contribution >= 4 is 22.9 Å². The van der Waals surface area contributed by atoms with Crippen LogP contribution >= 0.6 is 11.3 Å². The molecule has 0 aliphatic carbocycles. The van der Waals surface area contributed by atoms with Crippen molar-refractivity contribution in [2.45, 2.75) is 32.6 Å². The van der Waals surface area contributed by atoms with Crippen molar-refractivity contribution < 1.29 is 9.53 Å². The normalized spacial score (nSPS) is 15.1. The predicted octanol–water partition coefficient (Wildman–Crippen LogP) is 4.65. The van der Waals surface area contributed by atoms with Gasteiger partial charge >= 0.3 is 0 Å². The first-order valence-corrected chi connectivity index (χ1v) is 11.4. The first-order valence-electron chi connectivity index (χ1n) is 10.6. The summed E-state index contributed by atoms with van der Waals surface area (Å²) in [7, 11) is 1.67. The van der Waals surface area contributed by atoms with E-state index < -0.39 is 0 Å². The van der Waals surface area contributed by atoms with Crippen molar-refractivity contribution in [1.29, 1.82) is 0 Å². The van der Waals surface area contributed by atoms with Gasteiger partial charge < -0.3 is 10.1 Å². The number of para-hydroxylation sites is 1. The molecule has 6 nitrogen and oxygen atoms in total. The maximum Gasteiger partial charge on any atom is 0.238 e. The number of likely N-dealkylation sites (tertiary alicyclic amines) is 1. The molecule has 0 saturated carbocycles. The number of nitrogens with one attached hydrogen (secondary N) is 1. The highest BCUT2D eigenvalue weighted by Gasteiger charge is 2.25. The van der Waals surface area contributed by atoms with Gasteiger partial charge in [-0.2, -0.15) is 0 Å². The van der Waals surface area contributed by atoms with Gasteiger partial charge in [0.05, 0.1) is 19.2 Å². The lowest BCUT2D eigenvalue weighted by atomic mass is 9.98. The number of aromatic nitrogens is 2. The van der Waals surface area contributed by atoms with E-state index in [1.54, 1.807) is 18.4 Å². The number of carbonyl (C=O) groups excluding carboxylic acids is 1. The second-order valence-corrected chi connectivity index (χ2v) is 9.00. The highest BCUT2D eigenvalue weighted by atomic mass is 32.1. The number of anilines is 1. The van der Waals surface area contributed by atoms with Crippen molar-refractivity contribution in [2.75, 3.05) is 32.1 Å². The van der Waals surface area contributed by atoms with Crippen LogP contribution in [0.25, 0.3) is 10.6 Å². The van der Waals surface area contributed by atoms with Crippen LogP contribution in [0.5, 0.6) is 5.75 Å². The van der Waals surface area contributed by atoms with E-state index in [1.807, 2.05) is 43.3 Å². The first-order chi connectivity index (χ1) is 15.0. The highest BCUT2D eigenvalue weighted by Crippen LogP contribution is 2.36. The van der Waals surface area contributed by atoms with Gasteiger partial charge in [-0.3, -0.25) is 9.69 Å². The number of benzene rings is 2. The predicted molar refractivity (Wildman–Crippen MR) is 125 cm³/mol. The molecule has 31 heavy (non-hydrogen) atoms. The minimum Gasteiger partial charge on any atom is -0.496 e. The van der Waals surface area contributed by atoms with Crippen molar-refractivity contribution in [3.63, 3.8) is 0 Å². The van der Waals surface area contributed by atoms with Gasteiger partial charge in [0.1, 0.15) is 10.8 Å². The van der Waals surface area contributed by atoms with Gasteiger partial charge in [-0.15, -0.1) is 10.2 Å². The molecule has 1 aliphatic heterocycles. The quantitative estimate of drug-likeness (QED) is 0.609. The Bertz CT molecular complexity index is 1060. The average molecular weight is 437 g/mol. The fraction of sp³-hybridized carbons (Fsp3) is 0.375. The Morgan fingerprint density at radius 1 is 1.13 bits per heavy atom. The van der Waals surface area contributed by atoms with E-state index in [0.29, 0.717) is 12.5 Å². The Balaban J connectivity index is 1.32. The zero-order valence-electron chi connectivity index (χ0n) is 18.2. The maximum absolute atomic E-state index is 12.5. The van der Waals surface area contributed by atoms with E-state index in [2.05, 4.69) is 33.4 Å². The second-order valence-electron chi connectivity index (χ2n) is 7.99. The number of methoxy groups -OCH3 is 1. The number of ether oxygens (including phenoxy) is 1. The Labute approximate surface area is 187 Å². The minimum absolute atomic E-state index is 0.0431. The number of hydrogen-bond acceptors (Lipinski definition) is 6. The first kappa shape index (κ1) is 21.5. The lowest BCUT2D eigenvalue weighted by Crippen LogP contribution is -2.38. The molecule has 0 unspecified atom stereocenters. The molecule has 0 bridgehead atoms. The number of carbonyl (C=O) groups is 1. The molecule has 1 amide bonds. The molecule has 1 aromatic heterocycles. The summed E-state index contributed by atoms with van der Waals surface area (Å²) < 4.78 is 5.46. The summed E-state index contributed by atoms with van der Waals surface area (Å²) >= 11 is 1.64. The summed E-state index contributed by atoms with van der Waals surface area (Å²) in [5, 5.41) is 13.9. The van der Waals surface area contributed by atoms with Crippen LogP contribution in [0.15, 0.2) is 42.5 Å². The summed E-state index contributed by atoms with van der Waals surface area (Å²) in [4.78, 5) is 14.8. The van der Waals surface area contributed by atoms with Crippen LogP contribution < -0.4 is 10.1 Å². The van der Waals surface area contributed by atoms with Gasteiger partial charge in [-0.05, 0) is 69.1 Å². The van der Waals surface area contributed by atoms with Crippen LogP contribution in [0, 0.1) is 13.8 Å². The monoisotopic (exact) mass is 436 g/mol. The lowest BCUT2D eigenvalue weighted by molar-refractivity contribution is -0.117. The number of amides is 1. The molecule has 0 spiro atoms.